The minimum absolute atomic E-state index is 0.0654. The molecule has 25 heavy (non-hydrogen) atoms. The number of anilines is 1. The molecule has 0 spiro atoms. The first-order valence-corrected chi connectivity index (χ1v) is 8.90. The van der Waals surface area contributed by atoms with Crippen LogP contribution >= 0.6 is 11.3 Å². The summed E-state index contributed by atoms with van der Waals surface area (Å²) >= 11 is 1.52. The van der Waals surface area contributed by atoms with Gasteiger partial charge in [-0.2, -0.15) is 0 Å². The molecule has 0 aliphatic carbocycles. The van der Waals surface area contributed by atoms with Crippen molar-refractivity contribution in [3.63, 3.8) is 0 Å². The van der Waals surface area contributed by atoms with Crippen LogP contribution in [0.2, 0.25) is 0 Å². The second kappa shape index (κ2) is 7.60. The highest BCUT2D eigenvalue weighted by Gasteiger charge is 2.36. The average molecular weight is 360 g/mol. The molecule has 1 aliphatic rings. The minimum Gasteiger partial charge on any atom is -0.495 e. The Kier molecular flexibility index (Phi) is 5.28. The quantitative estimate of drug-likeness (QED) is 0.845. The summed E-state index contributed by atoms with van der Waals surface area (Å²) in [5, 5.41) is 12.7. The number of ether oxygens (including phenoxy) is 1. The van der Waals surface area contributed by atoms with E-state index in [1.807, 2.05) is 25.1 Å². The summed E-state index contributed by atoms with van der Waals surface area (Å²) in [7, 11) is 1.57. The molecule has 2 aromatic rings. The van der Waals surface area contributed by atoms with Crippen LogP contribution in [0.4, 0.5) is 5.69 Å². The van der Waals surface area contributed by atoms with Crippen LogP contribution in [0.3, 0.4) is 0 Å². The van der Waals surface area contributed by atoms with E-state index in [2.05, 4.69) is 15.5 Å². The largest absolute Gasteiger partial charge is 0.495 e. The topological polar surface area (TPSA) is 84.4 Å². The van der Waals surface area contributed by atoms with E-state index in [0.717, 1.165) is 10.0 Å². The highest BCUT2D eigenvalue weighted by molar-refractivity contribution is 7.11. The molecule has 1 aliphatic heterocycles. The second-order valence-electron chi connectivity index (χ2n) is 5.83. The van der Waals surface area contributed by atoms with Crippen molar-refractivity contribution >= 4 is 28.8 Å². The van der Waals surface area contributed by atoms with Crippen molar-refractivity contribution in [3.05, 3.63) is 34.3 Å². The van der Waals surface area contributed by atoms with Gasteiger partial charge in [0.1, 0.15) is 15.8 Å². The fourth-order valence-corrected chi connectivity index (χ4v) is 3.55. The van der Waals surface area contributed by atoms with Crippen LogP contribution in [-0.2, 0) is 16.0 Å². The number of aryl methyl sites for hydroxylation is 1. The molecule has 2 heterocycles. The number of rotatable bonds is 6. The van der Waals surface area contributed by atoms with Gasteiger partial charge in [-0.15, -0.1) is 21.5 Å². The van der Waals surface area contributed by atoms with Gasteiger partial charge in [0, 0.05) is 25.9 Å². The second-order valence-corrected chi connectivity index (χ2v) is 7.10. The highest BCUT2D eigenvalue weighted by atomic mass is 32.1. The Hall–Kier alpha value is -2.48. The normalized spacial score (nSPS) is 17.0. The molecule has 1 fully saturated rings. The fraction of sp³-hybridized carbons (Fsp3) is 0.412. The SMILES string of the molecule is COc1ccccc1N1C[C@@H](C(=O)NCCc2nnc(C)s2)CC1=O. The molecule has 0 bridgehead atoms. The maximum absolute atomic E-state index is 12.4. The predicted molar refractivity (Wildman–Crippen MR) is 94.8 cm³/mol. The molecule has 0 saturated carbocycles. The first-order valence-electron chi connectivity index (χ1n) is 8.08. The molecule has 1 aromatic heterocycles. The lowest BCUT2D eigenvalue weighted by Gasteiger charge is -2.19. The van der Waals surface area contributed by atoms with Crippen LogP contribution in [0.1, 0.15) is 16.4 Å². The Morgan fingerprint density at radius 1 is 1.40 bits per heavy atom. The van der Waals surface area contributed by atoms with E-state index in [0.29, 0.717) is 30.9 Å². The third-order valence-electron chi connectivity index (χ3n) is 4.08. The van der Waals surface area contributed by atoms with E-state index >= 15 is 0 Å². The van der Waals surface area contributed by atoms with Gasteiger partial charge in [0.05, 0.1) is 18.7 Å². The van der Waals surface area contributed by atoms with Gasteiger partial charge in [0.25, 0.3) is 0 Å². The van der Waals surface area contributed by atoms with Crippen LogP contribution in [0.25, 0.3) is 0 Å². The number of hydrogen-bond acceptors (Lipinski definition) is 6. The number of benzene rings is 1. The molecule has 1 saturated heterocycles. The Labute approximate surface area is 150 Å². The van der Waals surface area contributed by atoms with E-state index in [9.17, 15) is 9.59 Å². The van der Waals surface area contributed by atoms with E-state index < -0.39 is 0 Å². The van der Waals surface area contributed by atoms with E-state index in [1.165, 1.54) is 11.3 Å². The monoisotopic (exact) mass is 360 g/mol. The lowest BCUT2D eigenvalue weighted by atomic mass is 10.1. The molecule has 8 heteroatoms. The molecule has 2 amide bonds. The molecule has 1 aromatic carbocycles. The van der Waals surface area contributed by atoms with Gasteiger partial charge in [0.2, 0.25) is 11.8 Å². The summed E-state index contributed by atoms with van der Waals surface area (Å²) in [4.78, 5) is 26.3. The van der Waals surface area contributed by atoms with Gasteiger partial charge in [0.15, 0.2) is 0 Å². The summed E-state index contributed by atoms with van der Waals surface area (Å²) in [5.74, 6) is 0.105. The van der Waals surface area contributed by atoms with Gasteiger partial charge in [-0.1, -0.05) is 12.1 Å². The van der Waals surface area contributed by atoms with Crippen LogP contribution < -0.4 is 15.0 Å². The Morgan fingerprint density at radius 2 is 2.20 bits per heavy atom. The Morgan fingerprint density at radius 3 is 2.92 bits per heavy atom. The summed E-state index contributed by atoms with van der Waals surface area (Å²) in [6, 6.07) is 7.33. The third kappa shape index (κ3) is 3.96. The number of nitrogens with one attached hydrogen (secondary N) is 1. The molecular formula is C17H20N4O3S. The van der Waals surface area contributed by atoms with E-state index in [4.69, 9.17) is 4.74 Å². The third-order valence-corrected chi connectivity index (χ3v) is 4.98. The number of aromatic nitrogens is 2. The van der Waals surface area contributed by atoms with Crippen molar-refractivity contribution in [2.75, 3.05) is 25.1 Å². The summed E-state index contributed by atoms with van der Waals surface area (Å²) in [5.41, 5.74) is 0.703. The van der Waals surface area contributed by atoms with Gasteiger partial charge in [-0.25, -0.2) is 0 Å². The Balaban J connectivity index is 1.57. The molecule has 3 rings (SSSR count). The van der Waals surface area contributed by atoms with Crippen molar-refractivity contribution in [2.24, 2.45) is 5.92 Å². The van der Waals surface area contributed by atoms with Crippen molar-refractivity contribution < 1.29 is 14.3 Å². The van der Waals surface area contributed by atoms with Crippen molar-refractivity contribution in [3.8, 4) is 5.75 Å². The maximum Gasteiger partial charge on any atom is 0.227 e. The summed E-state index contributed by atoms with van der Waals surface area (Å²) < 4.78 is 5.31. The van der Waals surface area contributed by atoms with Gasteiger partial charge >= 0.3 is 0 Å². The number of amides is 2. The number of para-hydroxylation sites is 2. The maximum atomic E-state index is 12.4. The molecule has 0 radical (unpaired) electrons. The van der Waals surface area contributed by atoms with Gasteiger partial charge in [-0.05, 0) is 19.1 Å². The summed E-state index contributed by atoms with van der Waals surface area (Å²) in [6.07, 6.45) is 0.857. The zero-order valence-corrected chi connectivity index (χ0v) is 15.0. The van der Waals surface area contributed by atoms with Crippen molar-refractivity contribution in [1.29, 1.82) is 0 Å². The molecule has 7 nitrogen and oxygen atoms in total. The zero-order valence-electron chi connectivity index (χ0n) is 14.2. The van der Waals surface area contributed by atoms with Crippen LogP contribution in [-0.4, -0.2) is 42.2 Å². The van der Waals surface area contributed by atoms with Crippen molar-refractivity contribution in [2.45, 2.75) is 19.8 Å². The lowest BCUT2D eigenvalue weighted by Crippen LogP contribution is -2.34. The average Bonchev–Trinajstić information content (AvgIpc) is 3.20. The number of nitrogens with zero attached hydrogens (tertiary/aromatic N) is 3. The Bertz CT molecular complexity index is 777. The molecular weight excluding hydrogens is 340 g/mol. The van der Waals surface area contributed by atoms with Gasteiger partial charge in [-0.3, -0.25) is 9.59 Å². The van der Waals surface area contributed by atoms with E-state index in [-0.39, 0.29) is 24.2 Å². The standard InChI is InChI=1S/C17H20N4O3S/c1-11-19-20-15(25-11)7-8-18-17(23)12-9-16(22)21(10-12)13-5-3-4-6-14(13)24-2/h3-6,12H,7-10H2,1-2H3,(H,18,23)/t12-/m0/s1. The van der Waals surface area contributed by atoms with E-state index in [1.54, 1.807) is 18.1 Å². The smallest absolute Gasteiger partial charge is 0.227 e. The number of hydrogen-bond donors (Lipinski definition) is 1. The molecule has 1 N–H and O–H groups in total. The minimum atomic E-state index is -0.353. The highest BCUT2D eigenvalue weighted by Crippen LogP contribution is 2.32. The summed E-state index contributed by atoms with van der Waals surface area (Å²) in [6.45, 7) is 2.76. The molecule has 132 valence electrons. The first-order chi connectivity index (χ1) is 12.1. The van der Waals surface area contributed by atoms with Crippen LogP contribution in [0.5, 0.6) is 5.75 Å². The first kappa shape index (κ1) is 17.3. The van der Waals surface area contributed by atoms with Crippen LogP contribution in [0.15, 0.2) is 24.3 Å². The predicted octanol–water partition coefficient (Wildman–Crippen LogP) is 1.57. The number of carbonyl (C=O) groups is 2. The number of methoxy groups -OCH3 is 1. The van der Waals surface area contributed by atoms with Gasteiger partial charge < -0.3 is 15.0 Å². The lowest BCUT2D eigenvalue weighted by molar-refractivity contribution is -0.126. The zero-order chi connectivity index (χ0) is 17.8. The van der Waals surface area contributed by atoms with Crippen LogP contribution in [0, 0.1) is 12.8 Å². The number of carbonyl (C=O) groups excluding carboxylic acids is 2. The van der Waals surface area contributed by atoms with Crippen molar-refractivity contribution in [1.82, 2.24) is 15.5 Å². The molecule has 1 atom stereocenters. The fourth-order valence-electron chi connectivity index (χ4n) is 2.84. The molecule has 0 unspecified atom stereocenters.